The summed E-state index contributed by atoms with van der Waals surface area (Å²) in [7, 11) is 0. The minimum Gasteiger partial charge on any atom is -0.368 e. The second kappa shape index (κ2) is 3.35. The Balaban J connectivity index is 1.98. The first-order valence-corrected chi connectivity index (χ1v) is 5.08. The highest BCUT2D eigenvalue weighted by molar-refractivity contribution is 4.93. The molecule has 0 atom stereocenters. The lowest BCUT2D eigenvalue weighted by Crippen LogP contribution is -2.20. The number of aromatic nitrogens is 3. The predicted molar refractivity (Wildman–Crippen MR) is 52.8 cm³/mol. The summed E-state index contributed by atoms with van der Waals surface area (Å²) in [6.45, 7) is 6.69. The maximum atomic E-state index is 5.67. The number of ether oxygens (including phenoxy) is 1. The Hall–Kier alpha value is -0.900. The van der Waals surface area contributed by atoms with E-state index >= 15 is 0 Å². The van der Waals surface area contributed by atoms with Crippen LogP contribution in [0.4, 0.5) is 0 Å². The number of nitrogens with zero attached hydrogens (tertiary/aromatic N) is 3. The molecule has 1 aliphatic carbocycles. The Morgan fingerprint density at radius 2 is 2.21 bits per heavy atom. The molecule has 0 bridgehead atoms. The van der Waals surface area contributed by atoms with Crippen molar-refractivity contribution in [3.05, 3.63) is 12.2 Å². The summed E-state index contributed by atoms with van der Waals surface area (Å²) in [6.07, 6.45) is 4.31. The summed E-state index contributed by atoms with van der Waals surface area (Å²) in [4.78, 5) is 0. The van der Waals surface area contributed by atoms with Gasteiger partial charge in [0.05, 0.1) is 5.60 Å². The van der Waals surface area contributed by atoms with Gasteiger partial charge in [0.25, 0.3) is 0 Å². The number of rotatable bonds is 3. The zero-order chi connectivity index (χ0) is 10.2. The molecule has 0 aromatic carbocycles. The zero-order valence-corrected chi connectivity index (χ0v) is 9.03. The van der Waals surface area contributed by atoms with Crippen molar-refractivity contribution < 1.29 is 4.74 Å². The molecule has 4 heteroatoms. The first kappa shape index (κ1) is 9.65. The molecule has 1 saturated carbocycles. The third kappa shape index (κ3) is 2.32. The highest BCUT2D eigenvalue weighted by Crippen LogP contribution is 2.35. The van der Waals surface area contributed by atoms with Crippen LogP contribution < -0.4 is 0 Å². The quantitative estimate of drug-likeness (QED) is 0.739. The van der Waals surface area contributed by atoms with Crippen LogP contribution >= 0.6 is 0 Å². The van der Waals surface area contributed by atoms with Gasteiger partial charge in [-0.1, -0.05) is 0 Å². The molecule has 78 valence electrons. The van der Waals surface area contributed by atoms with E-state index < -0.39 is 0 Å². The van der Waals surface area contributed by atoms with Gasteiger partial charge in [-0.25, -0.2) is 0 Å². The van der Waals surface area contributed by atoms with Crippen molar-refractivity contribution in [3.63, 3.8) is 0 Å². The molecule has 1 fully saturated rings. The SMILES string of the molecule is CC(C)(C)OCc1nncn1C1CC1. The molecular weight excluding hydrogens is 178 g/mol. The molecule has 0 aliphatic heterocycles. The molecule has 1 heterocycles. The molecule has 0 saturated heterocycles. The Morgan fingerprint density at radius 3 is 2.79 bits per heavy atom. The molecule has 0 N–H and O–H groups in total. The van der Waals surface area contributed by atoms with Crippen LogP contribution in [0.15, 0.2) is 6.33 Å². The largest absolute Gasteiger partial charge is 0.368 e. The number of hydrogen-bond acceptors (Lipinski definition) is 3. The molecule has 0 radical (unpaired) electrons. The summed E-state index contributed by atoms with van der Waals surface area (Å²) >= 11 is 0. The van der Waals surface area contributed by atoms with Gasteiger partial charge in [0.15, 0.2) is 5.82 Å². The second-order valence-electron chi connectivity index (χ2n) is 4.79. The monoisotopic (exact) mass is 195 g/mol. The Morgan fingerprint density at radius 1 is 1.50 bits per heavy atom. The lowest BCUT2D eigenvalue weighted by Gasteiger charge is -2.19. The predicted octanol–water partition coefficient (Wildman–Crippen LogP) is 1.93. The van der Waals surface area contributed by atoms with E-state index in [0.29, 0.717) is 12.6 Å². The van der Waals surface area contributed by atoms with Crippen molar-refractivity contribution in [2.24, 2.45) is 0 Å². The van der Waals surface area contributed by atoms with Crippen molar-refractivity contribution in [2.45, 2.75) is 51.9 Å². The van der Waals surface area contributed by atoms with Crippen LogP contribution in [0.5, 0.6) is 0 Å². The second-order valence-corrected chi connectivity index (χ2v) is 4.79. The summed E-state index contributed by atoms with van der Waals surface area (Å²) in [5.41, 5.74) is -0.111. The molecule has 0 spiro atoms. The maximum absolute atomic E-state index is 5.67. The van der Waals surface area contributed by atoms with E-state index in [1.807, 2.05) is 20.8 Å². The smallest absolute Gasteiger partial charge is 0.159 e. The highest BCUT2D eigenvalue weighted by Gasteiger charge is 2.26. The minimum atomic E-state index is -0.111. The van der Waals surface area contributed by atoms with Gasteiger partial charge >= 0.3 is 0 Å². The lowest BCUT2D eigenvalue weighted by molar-refractivity contribution is -0.0194. The van der Waals surface area contributed by atoms with Crippen LogP contribution in [-0.4, -0.2) is 20.4 Å². The molecule has 0 unspecified atom stereocenters. The first-order valence-electron chi connectivity index (χ1n) is 5.08. The molecule has 1 aromatic rings. The van der Waals surface area contributed by atoms with Crippen molar-refractivity contribution >= 4 is 0 Å². The minimum absolute atomic E-state index is 0.111. The third-order valence-corrected chi connectivity index (χ3v) is 2.22. The highest BCUT2D eigenvalue weighted by atomic mass is 16.5. The van der Waals surface area contributed by atoms with Gasteiger partial charge in [-0.3, -0.25) is 0 Å². The van der Waals surface area contributed by atoms with Crippen molar-refractivity contribution in [1.29, 1.82) is 0 Å². The Bertz CT molecular complexity index is 309. The van der Waals surface area contributed by atoms with E-state index in [1.54, 1.807) is 6.33 Å². The van der Waals surface area contributed by atoms with E-state index in [0.717, 1.165) is 5.82 Å². The lowest BCUT2D eigenvalue weighted by atomic mass is 10.2. The van der Waals surface area contributed by atoms with E-state index in [9.17, 15) is 0 Å². The normalized spacial score (nSPS) is 17.4. The summed E-state index contributed by atoms with van der Waals surface area (Å²) < 4.78 is 7.80. The van der Waals surface area contributed by atoms with Crippen LogP contribution in [-0.2, 0) is 11.3 Å². The fraction of sp³-hybridized carbons (Fsp3) is 0.800. The number of hydrogen-bond donors (Lipinski definition) is 0. The van der Waals surface area contributed by atoms with Gasteiger partial charge in [0, 0.05) is 6.04 Å². The van der Waals surface area contributed by atoms with Crippen molar-refractivity contribution in [1.82, 2.24) is 14.8 Å². The van der Waals surface area contributed by atoms with Gasteiger partial charge in [-0.05, 0) is 33.6 Å². The van der Waals surface area contributed by atoms with Gasteiger partial charge in [-0.15, -0.1) is 10.2 Å². The maximum Gasteiger partial charge on any atom is 0.159 e. The van der Waals surface area contributed by atoms with Gasteiger partial charge in [0.2, 0.25) is 0 Å². The molecule has 1 aliphatic rings. The first-order chi connectivity index (χ1) is 6.56. The average molecular weight is 195 g/mol. The van der Waals surface area contributed by atoms with Crippen molar-refractivity contribution in [3.8, 4) is 0 Å². The Labute approximate surface area is 84.3 Å². The molecule has 4 nitrogen and oxygen atoms in total. The van der Waals surface area contributed by atoms with E-state index in [2.05, 4.69) is 14.8 Å². The van der Waals surface area contributed by atoms with E-state index in [-0.39, 0.29) is 5.60 Å². The van der Waals surface area contributed by atoms with Crippen LogP contribution in [0.2, 0.25) is 0 Å². The molecule has 2 rings (SSSR count). The standard InChI is InChI=1S/C10H17N3O/c1-10(2,3)14-6-9-12-11-7-13(9)8-4-5-8/h7-8H,4-6H2,1-3H3. The molecule has 14 heavy (non-hydrogen) atoms. The van der Waals surface area contributed by atoms with Crippen LogP contribution in [0.1, 0.15) is 45.5 Å². The van der Waals surface area contributed by atoms with Crippen molar-refractivity contribution in [2.75, 3.05) is 0 Å². The summed E-state index contributed by atoms with van der Waals surface area (Å²) in [6, 6.07) is 0.628. The molecule has 0 amide bonds. The van der Waals surface area contributed by atoms with Crippen LogP contribution in [0, 0.1) is 0 Å². The Kier molecular flexibility index (Phi) is 2.31. The topological polar surface area (TPSA) is 39.9 Å². The summed E-state index contributed by atoms with van der Waals surface area (Å²) in [5.74, 6) is 0.947. The van der Waals surface area contributed by atoms with E-state index in [1.165, 1.54) is 12.8 Å². The fourth-order valence-electron chi connectivity index (χ4n) is 1.31. The van der Waals surface area contributed by atoms with Gasteiger partial charge in [0.1, 0.15) is 12.9 Å². The van der Waals surface area contributed by atoms with Crippen LogP contribution in [0.25, 0.3) is 0 Å². The summed E-state index contributed by atoms with van der Waals surface area (Å²) in [5, 5.41) is 7.99. The fourth-order valence-corrected chi connectivity index (χ4v) is 1.31. The van der Waals surface area contributed by atoms with Crippen LogP contribution in [0.3, 0.4) is 0 Å². The van der Waals surface area contributed by atoms with E-state index in [4.69, 9.17) is 4.74 Å². The third-order valence-electron chi connectivity index (χ3n) is 2.22. The molecular formula is C10H17N3O. The average Bonchev–Trinajstić information content (AvgIpc) is 2.81. The zero-order valence-electron chi connectivity index (χ0n) is 9.03. The van der Waals surface area contributed by atoms with Gasteiger partial charge < -0.3 is 9.30 Å². The van der Waals surface area contributed by atoms with Gasteiger partial charge in [-0.2, -0.15) is 0 Å². The molecule has 1 aromatic heterocycles.